The third kappa shape index (κ3) is 3.58. The van der Waals surface area contributed by atoms with Gasteiger partial charge in [-0.25, -0.2) is 0 Å². The Balaban J connectivity index is 2.19. The summed E-state index contributed by atoms with van der Waals surface area (Å²) >= 11 is 0. The molecule has 2 rings (SSSR count). The van der Waals surface area contributed by atoms with Gasteiger partial charge in [-0.3, -0.25) is 4.79 Å². The summed E-state index contributed by atoms with van der Waals surface area (Å²) in [5, 5.41) is 0. The molecule has 0 amide bonds. The van der Waals surface area contributed by atoms with E-state index in [4.69, 9.17) is 9.47 Å². The number of methoxy groups -OCH3 is 1. The summed E-state index contributed by atoms with van der Waals surface area (Å²) in [5.74, 6) is 1.17. The summed E-state index contributed by atoms with van der Waals surface area (Å²) < 4.78 is 13.1. The van der Waals surface area contributed by atoms with Crippen LogP contribution in [-0.2, 0) is 5.54 Å². The third-order valence-corrected chi connectivity index (χ3v) is 3.83. The topological polar surface area (TPSA) is 40.5 Å². The van der Waals surface area contributed by atoms with Gasteiger partial charge < -0.3 is 14.0 Å². The highest BCUT2D eigenvalue weighted by molar-refractivity contribution is 5.98. The molecule has 0 aliphatic heterocycles. The predicted molar refractivity (Wildman–Crippen MR) is 91.7 cm³/mol. The first kappa shape index (κ1) is 17.1. The van der Waals surface area contributed by atoms with Crippen LogP contribution in [0, 0.1) is 13.8 Å². The lowest BCUT2D eigenvalue weighted by atomic mass is 10.1. The molecule has 1 heterocycles. The van der Waals surface area contributed by atoms with Crippen molar-refractivity contribution in [2.45, 2.75) is 40.2 Å². The number of hydrogen-bond donors (Lipinski definition) is 0. The minimum absolute atomic E-state index is 0.00515. The Kier molecular flexibility index (Phi) is 4.83. The molecule has 0 spiro atoms. The zero-order chi connectivity index (χ0) is 17.2. The summed E-state index contributed by atoms with van der Waals surface area (Å²) in [7, 11) is 1.58. The monoisotopic (exact) mass is 315 g/mol. The van der Waals surface area contributed by atoms with E-state index in [0.717, 1.165) is 11.4 Å². The molecule has 1 aromatic carbocycles. The highest BCUT2D eigenvalue weighted by atomic mass is 16.5. The van der Waals surface area contributed by atoms with Crippen molar-refractivity contribution in [1.82, 2.24) is 4.57 Å². The average Bonchev–Trinajstić information content (AvgIpc) is 2.79. The van der Waals surface area contributed by atoms with E-state index in [1.165, 1.54) is 0 Å². The van der Waals surface area contributed by atoms with Crippen LogP contribution in [-0.4, -0.2) is 24.1 Å². The maximum Gasteiger partial charge on any atom is 0.202 e. The Morgan fingerprint density at radius 2 is 1.74 bits per heavy atom. The molecule has 4 nitrogen and oxygen atoms in total. The van der Waals surface area contributed by atoms with Gasteiger partial charge in [-0.05, 0) is 52.8 Å². The standard InChI is InChI=1S/C19H25NO3/c1-13-11-15(14(2)20(13)19(3,4)5)16(21)12-23-18-10-8-7-9-17(18)22-6/h7-11H,12H2,1-6H3. The van der Waals surface area contributed by atoms with Gasteiger partial charge >= 0.3 is 0 Å². The van der Waals surface area contributed by atoms with Crippen molar-refractivity contribution in [1.29, 1.82) is 0 Å². The Morgan fingerprint density at radius 3 is 2.26 bits per heavy atom. The second-order valence-corrected chi connectivity index (χ2v) is 6.65. The maximum absolute atomic E-state index is 12.6. The van der Waals surface area contributed by atoms with E-state index in [-0.39, 0.29) is 17.9 Å². The zero-order valence-electron chi connectivity index (χ0n) is 14.8. The minimum atomic E-state index is -0.0593. The molecule has 0 atom stereocenters. The number of nitrogens with zero attached hydrogens (tertiary/aromatic N) is 1. The van der Waals surface area contributed by atoms with E-state index in [2.05, 4.69) is 25.3 Å². The van der Waals surface area contributed by atoms with Gasteiger partial charge in [-0.15, -0.1) is 0 Å². The number of ether oxygens (including phenoxy) is 2. The van der Waals surface area contributed by atoms with Crippen LogP contribution in [0.25, 0.3) is 0 Å². The predicted octanol–water partition coefficient (Wildman–Crippen LogP) is 4.13. The fourth-order valence-electron chi connectivity index (χ4n) is 3.04. The summed E-state index contributed by atoms with van der Waals surface area (Å²) in [5.41, 5.74) is 2.71. The first-order valence-electron chi connectivity index (χ1n) is 7.74. The molecular formula is C19H25NO3. The minimum Gasteiger partial charge on any atom is -0.493 e. The lowest BCUT2D eigenvalue weighted by molar-refractivity contribution is 0.0918. The van der Waals surface area contributed by atoms with E-state index in [9.17, 15) is 4.79 Å². The molecule has 0 N–H and O–H groups in total. The lowest BCUT2D eigenvalue weighted by Gasteiger charge is -2.25. The molecule has 0 fully saturated rings. The van der Waals surface area contributed by atoms with E-state index in [1.54, 1.807) is 13.2 Å². The van der Waals surface area contributed by atoms with Crippen molar-refractivity contribution in [3.05, 3.63) is 47.3 Å². The lowest BCUT2D eigenvalue weighted by Crippen LogP contribution is -2.24. The average molecular weight is 315 g/mol. The van der Waals surface area contributed by atoms with Crippen molar-refractivity contribution in [3.63, 3.8) is 0 Å². The van der Waals surface area contributed by atoms with Gasteiger partial charge in [0, 0.05) is 22.5 Å². The number of para-hydroxylation sites is 2. The van der Waals surface area contributed by atoms with Crippen LogP contribution < -0.4 is 9.47 Å². The summed E-state index contributed by atoms with van der Waals surface area (Å²) in [6, 6.07) is 9.27. The summed E-state index contributed by atoms with van der Waals surface area (Å²) in [4.78, 5) is 12.6. The quantitative estimate of drug-likeness (QED) is 0.779. The number of aromatic nitrogens is 1. The van der Waals surface area contributed by atoms with Crippen molar-refractivity contribution in [3.8, 4) is 11.5 Å². The molecule has 1 aromatic heterocycles. The molecule has 0 saturated carbocycles. The van der Waals surface area contributed by atoms with E-state index < -0.39 is 0 Å². The Morgan fingerprint density at radius 1 is 1.13 bits per heavy atom. The molecule has 0 aliphatic rings. The van der Waals surface area contributed by atoms with E-state index in [0.29, 0.717) is 17.1 Å². The zero-order valence-corrected chi connectivity index (χ0v) is 14.8. The van der Waals surface area contributed by atoms with Crippen LogP contribution in [0.3, 0.4) is 0 Å². The fraction of sp³-hybridized carbons (Fsp3) is 0.421. The number of benzene rings is 1. The molecular weight excluding hydrogens is 290 g/mol. The van der Waals surface area contributed by atoms with Gasteiger partial charge in [0.05, 0.1) is 7.11 Å². The van der Waals surface area contributed by atoms with Crippen LogP contribution in [0.2, 0.25) is 0 Å². The number of carbonyl (C=O) groups excluding carboxylic acids is 1. The van der Waals surface area contributed by atoms with Crippen LogP contribution in [0.1, 0.15) is 42.5 Å². The van der Waals surface area contributed by atoms with Crippen molar-refractivity contribution in [2.75, 3.05) is 13.7 Å². The van der Waals surface area contributed by atoms with Gasteiger partial charge in [-0.2, -0.15) is 0 Å². The van der Waals surface area contributed by atoms with Crippen molar-refractivity contribution < 1.29 is 14.3 Å². The SMILES string of the molecule is COc1ccccc1OCC(=O)c1cc(C)n(C(C)(C)C)c1C. The first-order chi connectivity index (χ1) is 10.8. The first-order valence-corrected chi connectivity index (χ1v) is 7.74. The number of aryl methyl sites for hydroxylation is 1. The van der Waals surface area contributed by atoms with Gasteiger partial charge in [0.15, 0.2) is 18.1 Å². The molecule has 0 bridgehead atoms. The van der Waals surface area contributed by atoms with Crippen LogP contribution >= 0.6 is 0 Å². The molecule has 0 saturated heterocycles. The fourth-order valence-corrected chi connectivity index (χ4v) is 3.04. The van der Waals surface area contributed by atoms with Crippen LogP contribution in [0.4, 0.5) is 0 Å². The van der Waals surface area contributed by atoms with Crippen LogP contribution in [0.15, 0.2) is 30.3 Å². The Labute approximate surface area is 138 Å². The van der Waals surface area contributed by atoms with Crippen molar-refractivity contribution in [2.24, 2.45) is 0 Å². The Bertz CT molecular complexity index is 708. The molecule has 2 aromatic rings. The molecule has 124 valence electrons. The molecule has 23 heavy (non-hydrogen) atoms. The molecule has 4 heteroatoms. The maximum atomic E-state index is 12.6. The Hall–Kier alpha value is -2.23. The smallest absolute Gasteiger partial charge is 0.202 e. The largest absolute Gasteiger partial charge is 0.493 e. The molecule has 0 unspecified atom stereocenters. The van der Waals surface area contributed by atoms with E-state index >= 15 is 0 Å². The number of ketones is 1. The highest BCUT2D eigenvalue weighted by Gasteiger charge is 2.23. The second-order valence-electron chi connectivity index (χ2n) is 6.65. The second kappa shape index (κ2) is 6.49. The van der Waals surface area contributed by atoms with Crippen molar-refractivity contribution >= 4 is 5.78 Å². The molecule has 0 radical (unpaired) electrons. The van der Waals surface area contributed by atoms with Crippen LogP contribution in [0.5, 0.6) is 11.5 Å². The number of carbonyl (C=O) groups is 1. The summed E-state index contributed by atoms with van der Waals surface area (Å²) in [6.07, 6.45) is 0. The van der Waals surface area contributed by atoms with E-state index in [1.807, 2.05) is 38.1 Å². The highest BCUT2D eigenvalue weighted by Crippen LogP contribution is 2.27. The van der Waals surface area contributed by atoms with Gasteiger partial charge in [0.1, 0.15) is 0 Å². The molecule has 0 aliphatic carbocycles. The third-order valence-electron chi connectivity index (χ3n) is 3.83. The van der Waals surface area contributed by atoms with Gasteiger partial charge in [0.25, 0.3) is 0 Å². The number of rotatable bonds is 5. The normalized spacial score (nSPS) is 11.4. The van der Waals surface area contributed by atoms with Gasteiger partial charge in [-0.1, -0.05) is 12.1 Å². The summed E-state index contributed by atoms with van der Waals surface area (Å²) in [6.45, 7) is 10.4. The number of Topliss-reactive ketones (excluding diaryl/α,β-unsaturated/α-hetero) is 1. The van der Waals surface area contributed by atoms with Gasteiger partial charge in [0.2, 0.25) is 5.78 Å². The number of hydrogen-bond acceptors (Lipinski definition) is 3.